The van der Waals surface area contributed by atoms with E-state index < -0.39 is 10.0 Å². The van der Waals surface area contributed by atoms with E-state index >= 15 is 0 Å². The van der Waals surface area contributed by atoms with Gasteiger partial charge in [0, 0.05) is 18.8 Å². The Labute approximate surface area is 118 Å². The summed E-state index contributed by atoms with van der Waals surface area (Å²) in [7, 11) is -3.54. The van der Waals surface area contributed by atoms with Crippen molar-refractivity contribution in [1.29, 1.82) is 0 Å². The van der Waals surface area contributed by atoms with E-state index in [-0.39, 0.29) is 10.7 Å². The predicted octanol–water partition coefficient (Wildman–Crippen LogP) is 1.49. The fourth-order valence-electron chi connectivity index (χ4n) is 1.89. The van der Waals surface area contributed by atoms with Crippen molar-refractivity contribution in [3.05, 3.63) is 53.7 Å². The van der Waals surface area contributed by atoms with Crippen molar-refractivity contribution in [3.63, 3.8) is 0 Å². The van der Waals surface area contributed by atoms with E-state index in [1.54, 1.807) is 0 Å². The highest BCUT2D eigenvalue weighted by atomic mass is 32.2. The number of anilines is 1. The first kappa shape index (κ1) is 14.5. The molecular formula is C14H17N3O2S. The number of aromatic nitrogens is 1. The van der Waals surface area contributed by atoms with E-state index in [1.807, 2.05) is 31.2 Å². The molecule has 0 aliphatic rings. The molecule has 0 unspecified atom stereocenters. The Balaban J connectivity index is 2.02. The van der Waals surface area contributed by atoms with Crippen LogP contribution >= 0.6 is 0 Å². The molecule has 0 saturated carbocycles. The second-order valence-corrected chi connectivity index (χ2v) is 6.26. The number of benzene rings is 1. The molecule has 0 bridgehead atoms. The van der Waals surface area contributed by atoms with Gasteiger partial charge in [0.25, 0.3) is 0 Å². The van der Waals surface area contributed by atoms with E-state index in [1.165, 1.54) is 18.3 Å². The van der Waals surface area contributed by atoms with Crippen molar-refractivity contribution in [2.75, 3.05) is 12.3 Å². The molecule has 106 valence electrons. The summed E-state index contributed by atoms with van der Waals surface area (Å²) in [6.45, 7) is 2.35. The molecule has 2 aromatic rings. The van der Waals surface area contributed by atoms with Crippen molar-refractivity contribution in [3.8, 4) is 0 Å². The molecule has 1 aromatic heterocycles. The normalized spacial score (nSPS) is 11.4. The first-order valence-corrected chi connectivity index (χ1v) is 7.73. The fourth-order valence-corrected chi connectivity index (χ4v) is 2.94. The lowest BCUT2D eigenvalue weighted by molar-refractivity contribution is 0.581. The third-order valence-electron chi connectivity index (χ3n) is 3.01. The number of aryl methyl sites for hydroxylation is 1. The molecule has 1 aromatic carbocycles. The SMILES string of the molecule is Cc1ccccc1CCNS(=O)(=O)c1ccnc(N)c1. The van der Waals surface area contributed by atoms with E-state index in [0.717, 1.165) is 11.1 Å². The van der Waals surface area contributed by atoms with Crippen LogP contribution in [0.4, 0.5) is 5.82 Å². The summed E-state index contributed by atoms with van der Waals surface area (Å²) in [6, 6.07) is 10.7. The van der Waals surface area contributed by atoms with Crippen LogP contribution in [0.5, 0.6) is 0 Å². The zero-order valence-electron chi connectivity index (χ0n) is 11.2. The smallest absolute Gasteiger partial charge is 0.240 e. The van der Waals surface area contributed by atoms with Crippen molar-refractivity contribution in [2.24, 2.45) is 0 Å². The molecule has 0 radical (unpaired) electrons. The van der Waals surface area contributed by atoms with Gasteiger partial charge >= 0.3 is 0 Å². The van der Waals surface area contributed by atoms with Crippen LogP contribution in [0, 0.1) is 6.92 Å². The third-order valence-corrected chi connectivity index (χ3v) is 4.47. The second kappa shape index (κ2) is 6.02. The maximum absolute atomic E-state index is 12.1. The molecule has 2 rings (SSSR count). The van der Waals surface area contributed by atoms with Crippen LogP contribution in [0.1, 0.15) is 11.1 Å². The second-order valence-electron chi connectivity index (χ2n) is 4.49. The molecule has 20 heavy (non-hydrogen) atoms. The molecule has 0 atom stereocenters. The Morgan fingerprint density at radius 2 is 2.00 bits per heavy atom. The average molecular weight is 291 g/mol. The van der Waals surface area contributed by atoms with Gasteiger partial charge in [0.1, 0.15) is 5.82 Å². The molecule has 0 fully saturated rings. The molecule has 0 spiro atoms. The molecule has 0 aliphatic carbocycles. The summed E-state index contributed by atoms with van der Waals surface area (Å²) >= 11 is 0. The van der Waals surface area contributed by atoms with Crippen LogP contribution in [0.3, 0.4) is 0 Å². The summed E-state index contributed by atoms with van der Waals surface area (Å²) in [5.41, 5.74) is 7.77. The van der Waals surface area contributed by atoms with Crippen molar-refractivity contribution in [1.82, 2.24) is 9.71 Å². The van der Waals surface area contributed by atoms with E-state index in [4.69, 9.17) is 5.73 Å². The first-order chi connectivity index (χ1) is 9.49. The number of nitrogens with zero attached hydrogens (tertiary/aromatic N) is 1. The molecule has 5 nitrogen and oxygen atoms in total. The van der Waals surface area contributed by atoms with Crippen LogP contribution in [0.25, 0.3) is 0 Å². The van der Waals surface area contributed by atoms with Crippen LogP contribution in [0.2, 0.25) is 0 Å². The van der Waals surface area contributed by atoms with Gasteiger partial charge in [-0.3, -0.25) is 0 Å². The lowest BCUT2D eigenvalue weighted by Crippen LogP contribution is -2.26. The first-order valence-electron chi connectivity index (χ1n) is 6.25. The largest absolute Gasteiger partial charge is 0.384 e. The van der Waals surface area contributed by atoms with Gasteiger partial charge in [-0.2, -0.15) is 0 Å². The Morgan fingerprint density at radius 3 is 2.70 bits per heavy atom. The molecule has 0 aliphatic heterocycles. The van der Waals surface area contributed by atoms with Gasteiger partial charge in [0.05, 0.1) is 4.90 Å². The number of hydrogen-bond donors (Lipinski definition) is 2. The summed E-state index contributed by atoms with van der Waals surface area (Å²) in [4.78, 5) is 3.91. The number of nitrogen functional groups attached to an aromatic ring is 1. The monoisotopic (exact) mass is 291 g/mol. The molecule has 6 heteroatoms. The third kappa shape index (κ3) is 3.55. The van der Waals surface area contributed by atoms with Gasteiger partial charge in [-0.15, -0.1) is 0 Å². The van der Waals surface area contributed by atoms with Crippen molar-refractivity contribution >= 4 is 15.8 Å². The van der Waals surface area contributed by atoms with Crippen molar-refractivity contribution in [2.45, 2.75) is 18.2 Å². The number of hydrogen-bond acceptors (Lipinski definition) is 4. The fraction of sp³-hybridized carbons (Fsp3) is 0.214. The maximum Gasteiger partial charge on any atom is 0.240 e. The highest BCUT2D eigenvalue weighted by molar-refractivity contribution is 7.89. The van der Waals surface area contributed by atoms with Crippen molar-refractivity contribution < 1.29 is 8.42 Å². The number of pyridine rings is 1. The molecular weight excluding hydrogens is 274 g/mol. The highest BCUT2D eigenvalue weighted by Gasteiger charge is 2.13. The standard InChI is InChI=1S/C14H17N3O2S/c1-11-4-2-3-5-12(11)6-9-17-20(18,19)13-7-8-16-14(15)10-13/h2-5,7-8,10,17H,6,9H2,1H3,(H2,15,16). The van der Waals surface area contributed by atoms with Gasteiger partial charge in [-0.1, -0.05) is 24.3 Å². The van der Waals surface area contributed by atoms with Gasteiger partial charge in [-0.25, -0.2) is 18.1 Å². The number of nitrogens with two attached hydrogens (primary N) is 1. The number of sulfonamides is 1. The van der Waals surface area contributed by atoms with E-state index in [9.17, 15) is 8.42 Å². The topological polar surface area (TPSA) is 85.1 Å². The van der Waals surface area contributed by atoms with Gasteiger partial charge in [0.15, 0.2) is 0 Å². The minimum absolute atomic E-state index is 0.134. The average Bonchev–Trinajstić information content (AvgIpc) is 2.41. The van der Waals surface area contributed by atoms with Crippen LogP contribution in [-0.4, -0.2) is 19.9 Å². The molecule has 0 saturated heterocycles. The quantitative estimate of drug-likeness (QED) is 0.874. The molecule has 0 amide bonds. The summed E-state index contributed by atoms with van der Waals surface area (Å²) in [6.07, 6.45) is 2.03. The Morgan fingerprint density at radius 1 is 1.25 bits per heavy atom. The zero-order valence-corrected chi connectivity index (χ0v) is 12.0. The predicted molar refractivity (Wildman–Crippen MR) is 78.7 cm³/mol. The molecule has 1 heterocycles. The van der Waals surface area contributed by atoms with Crippen LogP contribution in [-0.2, 0) is 16.4 Å². The van der Waals surface area contributed by atoms with Gasteiger partial charge in [-0.05, 0) is 30.5 Å². The lowest BCUT2D eigenvalue weighted by atomic mass is 10.1. The minimum atomic E-state index is -3.54. The minimum Gasteiger partial charge on any atom is -0.384 e. The number of rotatable bonds is 5. The summed E-state index contributed by atoms with van der Waals surface area (Å²) in [5.74, 6) is 0.187. The Hall–Kier alpha value is -1.92. The van der Waals surface area contributed by atoms with Gasteiger partial charge < -0.3 is 5.73 Å². The summed E-state index contributed by atoms with van der Waals surface area (Å²) < 4.78 is 26.7. The Bertz CT molecular complexity index is 699. The van der Waals surface area contributed by atoms with Crippen LogP contribution < -0.4 is 10.5 Å². The highest BCUT2D eigenvalue weighted by Crippen LogP contribution is 2.11. The van der Waals surface area contributed by atoms with Crippen LogP contribution in [0.15, 0.2) is 47.5 Å². The van der Waals surface area contributed by atoms with E-state index in [2.05, 4.69) is 9.71 Å². The maximum atomic E-state index is 12.1. The zero-order chi connectivity index (χ0) is 14.6. The lowest BCUT2D eigenvalue weighted by Gasteiger charge is -2.08. The van der Waals surface area contributed by atoms with E-state index in [0.29, 0.717) is 13.0 Å². The molecule has 3 N–H and O–H groups in total. The number of nitrogens with one attached hydrogen (secondary N) is 1. The van der Waals surface area contributed by atoms with Gasteiger partial charge in [0.2, 0.25) is 10.0 Å². The summed E-state index contributed by atoms with van der Waals surface area (Å²) in [5, 5.41) is 0. The Kier molecular flexibility index (Phi) is 4.36.